The molecule has 0 radical (unpaired) electrons. The zero-order chi connectivity index (χ0) is 18.4. The van der Waals surface area contributed by atoms with Crippen LogP contribution in [0.2, 0.25) is 0 Å². The fourth-order valence-corrected chi connectivity index (χ4v) is 2.56. The molecule has 1 amide bonds. The van der Waals surface area contributed by atoms with Crippen LogP contribution in [0.3, 0.4) is 0 Å². The number of nitrogens with zero attached hydrogens (tertiary/aromatic N) is 2. The summed E-state index contributed by atoms with van der Waals surface area (Å²) in [5.74, 6) is 1.45. The number of carbonyl (C=O) groups is 1. The van der Waals surface area contributed by atoms with Crippen LogP contribution in [-0.2, 0) is 6.61 Å². The third-order valence-corrected chi connectivity index (χ3v) is 4.00. The van der Waals surface area contributed by atoms with Gasteiger partial charge in [-0.15, -0.1) is 0 Å². The average molecular weight is 351 g/mol. The maximum absolute atomic E-state index is 12.6. The van der Waals surface area contributed by atoms with Gasteiger partial charge >= 0.3 is 0 Å². The first-order valence-electron chi connectivity index (χ1n) is 8.47. The average Bonchev–Trinajstić information content (AvgIpc) is 3.10. The molecule has 1 N–H and O–H groups in total. The van der Waals surface area contributed by atoms with Crippen LogP contribution in [0.25, 0.3) is 0 Å². The molecule has 0 fully saturated rings. The summed E-state index contributed by atoms with van der Waals surface area (Å²) in [6, 6.07) is 17.2. The van der Waals surface area contributed by atoms with Crippen molar-refractivity contribution in [2.45, 2.75) is 26.4 Å². The standard InChI is InChI=1S/C20H21N3O3/c1-14(16-8-4-3-5-9-16)12-21-20(24)17-10-6-7-11-18(17)25-13-19-22-15(2)26-23-19/h3-11,14H,12-13H2,1-2H3,(H,21,24). The first-order valence-corrected chi connectivity index (χ1v) is 8.47. The van der Waals surface area contributed by atoms with Gasteiger partial charge < -0.3 is 14.6 Å². The second kappa shape index (κ2) is 8.29. The summed E-state index contributed by atoms with van der Waals surface area (Å²) in [4.78, 5) is 16.7. The summed E-state index contributed by atoms with van der Waals surface area (Å²) in [6.07, 6.45) is 0. The topological polar surface area (TPSA) is 77.2 Å². The van der Waals surface area contributed by atoms with Gasteiger partial charge in [-0.2, -0.15) is 4.98 Å². The van der Waals surface area contributed by atoms with Gasteiger partial charge in [0.25, 0.3) is 5.91 Å². The Balaban J connectivity index is 1.62. The number of ether oxygens (including phenoxy) is 1. The fourth-order valence-electron chi connectivity index (χ4n) is 2.56. The van der Waals surface area contributed by atoms with Crippen molar-refractivity contribution < 1.29 is 14.1 Å². The molecule has 6 nitrogen and oxygen atoms in total. The Labute approximate surface area is 152 Å². The van der Waals surface area contributed by atoms with Crippen molar-refractivity contribution in [3.63, 3.8) is 0 Å². The van der Waals surface area contributed by atoms with Crippen LogP contribution in [0.15, 0.2) is 59.1 Å². The predicted molar refractivity (Wildman–Crippen MR) is 97.0 cm³/mol. The van der Waals surface area contributed by atoms with Crippen LogP contribution < -0.4 is 10.1 Å². The highest BCUT2D eigenvalue weighted by molar-refractivity contribution is 5.96. The number of aryl methyl sites for hydroxylation is 1. The van der Waals surface area contributed by atoms with Gasteiger partial charge in [-0.3, -0.25) is 4.79 Å². The van der Waals surface area contributed by atoms with E-state index in [1.165, 1.54) is 5.56 Å². The largest absolute Gasteiger partial charge is 0.485 e. The highest BCUT2D eigenvalue weighted by Crippen LogP contribution is 2.20. The Kier molecular flexibility index (Phi) is 5.63. The molecule has 1 heterocycles. The Hall–Kier alpha value is -3.15. The molecule has 0 aliphatic carbocycles. The van der Waals surface area contributed by atoms with Crippen LogP contribution in [0, 0.1) is 6.92 Å². The van der Waals surface area contributed by atoms with Gasteiger partial charge in [-0.25, -0.2) is 0 Å². The van der Waals surface area contributed by atoms with Crippen molar-refractivity contribution in [3.05, 3.63) is 77.4 Å². The quantitative estimate of drug-likeness (QED) is 0.705. The maximum Gasteiger partial charge on any atom is 0.255 e. The fraction of sp³-hybridized carbons (Fsp3) is 0.250. The number of benzene rings is 2. The number of amides is 1. The lowest BCUT2D eigenvalue weighted by Crippen LogP contribution is -2.28. The Morgan fingerprint density at radius 1 is 1.15 bits per heavy atom. The Bertz CT molecular complexity index is 862. The van der Waals surface area contributed by atoms with E-state index in [1.807, 2.05) is 24.3 Å². The van der Waals surface area contributed by atoms with E-state index in [-0.39, 0.29) is 18.4 Å². The molecule has 0 aliphatic heterocycles. The maximum atomic E-state index is 12.6. The number of aromatic nitrogens is 2. The number of hydrogen-bond acceptors (Lipinski definition) is 5. The molecule has 0 saturated heterocycles. The summed E-state index contributed by atoms with van der Waals surface area (Å²) in [5.41, 5.74) is 1.66. The number of hydrogen-bond donors (Lipinski definition) is 1. The van der Waals surface area contributed by atoms with E-state index in [4.69, 9.17) is 9.26 Å². The second-order valence-corrected chi connectivity index (χ2v) is 6.04. The van der Waals surface area contributed by atoms with Crippen molar-refractivity contribution in [3.8, 4) is 5.75 Å². The lowest BCUT2D eigenvalue weighted by Gasteiger charge is -2.14. The molecular weight excluding hydrogens is 330 g/mol. The molecule has 0 saturated carbocycles. The van der Waals surface area contributed by atoms with E-state index in [9.17, 15) is 4.79 Å². The van der Waals surface area contributed by atoms with Gasteiger partial charge in [-0.1, -0.05) is 54.5 Å². The van der Waals surface area contributed by atoms with Crippen LogP contribution in [0.5, 0.6) is 5.75 Å². The highest BCUT2D eigenvalue weighted by Gasteiger charge is 2.14. The van der Waals surface area contributed by atoms with Crippen molar-refractivity contribution >= 4 is 5.91 Å². The smallest absolute Gasteiger partial charge is 0.255 e. The molecule has 3 rings (SSSR count). The zero-order valence-electron chi connectivity index (χ0n) is 14.8. The van der Waals surface area contributed by atoms with E-state index >= 15 is 0 Å². The van der Waals surface area contributed by atoms with Crippen LogP contribution >= 0.6 is 0 Å². The monoisotopic (exact) mass is 351 g/mol. The van der Waals surface area contributed by atoms with E-state index in [0.29, 0.717) is 29.6 Å². The van der Waals surface area contributed by atoms with Crippen molar-refractivity contribution in [1.29, 1.82) is 0 Å². The lowest BCUT2D eigenvalue weighted by atomic mass is 10.0. The van der Waals surface area contributed by atoms with Gasteiger partial charge in [0, 0.05) is 13.5 Å². The predicted octanol–water partition coefficient (Wildman–Crippen LogP) is 3.49. The number of para-hydroxylation sites is 1. The van der Waals surface area contributed by atoms with Gasteiger partial charge in [0.05, 0.1) is 5.56 Å². The number of rotatable bonds is 7. The lowest BCUT2D eigenvalue weighted by molar-refractivity contribution is 0.0947. The summed E-state index contributed by atoms with van der Waals surface area (Å²) >= 11 is 0. The van der Waals surface area contributed by atoms with Crippen molar-refractivity contribution in [2.75, 3.05) is 6.54 Å². The van der Waals surface area contributed by atoms with Crippen LogP contribution in [-0.4, -0.2) is 22.6 Å². The van der Waals surface area contributed by atoms with Crippen LogP contribution in [0.4, 0.5) is 0 Å². The van der Waals surface area contributed by atoms with Gasteiger partial charge in [-0.05, 0) is 23.6 Å². The summed E-state index contributed by atoms with van der Waals surface area (Å²) in [6.45, 7) is 4.48. The molecule has 0 spiro atoms. The molecule has 0 aliphatic rings. The van der Waals surface area contributed by atoms with E-state index < -0.39 is 0 Å². The van der Waals surface area contributed by atoms with E-state index in [1.54, 1.807) is 25.1 Å². The highest BCUT2D eigenvalue weighted by atomic mass is 16.5. The minimum absolute atomic E-state index is 0.141. The first-order chi connectivity index (χ1) is 12.6. The van der Waals surface area contributed by atoms with Gasteiger partial charge in [0.2, 0.25) is 11.7 Å². The van der Waals surface area contributed by atoms with Crippen LogP contribution in [0.1, 0.15) is 40.5 Å². The molecule has 1 atom stereocenters. The molecule has 2 aromatic carbocycles. The molecule has 3 aromatic rings. The molecule has 1 unspecified atom stereocenters. The summed E-state index contributed by atoms with van der Waals surface area (Å²) < 4.78 is 10.6. The van der Waals surface area contributed by atoms with Crippen molar-refractivity contribution in [1.82, 2.24) is 15.5 Å². The molecular formula is C20H21N3O3. The Morgan fingerprint density at radius 3 is 2.62 bits per heavy atom. The summed E-state index contributed by atoms with van der Waals surface area (Å²) in [5, 5.41) is 6.76. The van der Waals surface area contributed by atoms with Gasteiger partial charge in [0.1, 0.15) is 5.75 Å². The minimum atomic E-state index is -0.173. The zero-order valence-corrected chi connectivity index (χ0v) is 14.8. The third kappa shape index (κ3) is 4.47. The second-order valence-electron chi connectivity index (χ2n) is 6.04. The first kappa shape index (κ1) is 17.7. The normalized spacial score (nSPS) is 11.8. The van der Waals surface area contributed by atoms with E-state index in [2.05, 4.69) is 34.5 Å². The number of carbonyl (C=O) groups excluding carboxylic acids is 1. The van der Waals surface area contributed by atoms with E-state index in [0.717, 1.165) is 0 Å². The van der Waals surface area contributed by atoms with Crippen molar-refractivity contribution in [2.24, 2.45) is 0 Å². The molecule has 1 aromatic heterocycles. The number of nitrogens with one attached hydrogen (secondary N) is 1. The molecule has 134 valence electrons. The SMILES string of the molecule is Cc1nc(COc2ccccc2C(=O)NCC(C)c2ccccc2)no1. The van der Waals surface area contributed by atoms with Gasteiger partial charge in [0.15, 0.2) is 6.61 Å². The molecule has 0 bridgehead atoms. The Morgan fingerprint density at radius 2 is 1.88 bits per heavy atom. The minimum Gasteiger partial charge on any atom is -0.485 e. The third-order valence-electron chi connectivity index (χ3n) is 4.00. The summed E-state index contributed by atoms with van der Waals surface area (Å²) in [7, 11) is 0. The molecule has 26 heavy (non-hydrogen) atoms. The molecule has 6 heteroatoms.